The van der Waals surface area contributed by atoms with Gasteiger partial charge in [0.25, 0.3) is 5.91 Å². The summed E-state index contributed by atoms with van der Waals surface area (Å²) in [6.45, 7) is 2.02. The Labute approximate surface area is 134 Å². The van der Waals surface area contributed by atoms with Gasteiger partial charge < -0.3 is 25.8 Å². The van der Waals surface area contributed by atoms with Crippen molar-refractivity contribution in [3.8, 4) is 5.75 Å². The van der Waals surface area contributed by atoms with Gasteiger partial charge in [-0.25, -0.2) is 0 Å². The first-order chi connectivity index (χ1) is 10.0. The lowest BCUT2D eigenvalue weighted by Gasteiger charge is -2.21. The second-order valence-electron chi connectivity index (χ2n) is 4.88. The van der Waals surface area contributed by atoms with Crippen molar-refractivity contribution < 1.29 is 19.1 Å². The Kier molecular flexibility index (Phi) is 6.61. The molecule has 1 aliphatic rings. The predicted octanol–water partition coefficient (Wildman–Crippen LogP) is 0.590. The summed E-state index contributed by atoms with van der Waals surface area (Å²) < 4.78 is 10.1. The van der Waals surface area contributed by atoms with E-state index in [1.807, 2.05) is 13.0 Å². The van der Waals surface area contributed by atoms with Gasteiger partial charge in [-0.05, 0) is 24.6 Å². The minimum atomic E-state index is -0.710. The molecule has 0 aromatic heterocycles. The number of benzene rings is 1. The van der Waals surface area contributed by atoms with Crippen LogP contribution in [0.25, 0.3) is 0 Å². The summed E-state index contributed by atoms with van der Waals surface area (Å²) in [5.41, 5.74) is 7.12. The molecular weight excluding hydrogens is 310 g/mol. The number of carbonyl (C=O) groups excluding carboxylic acids is 2. The molecule has 0 aliphatic carbocycles. The van der Waals surface area contributed by atoms with Crippen molar-refractivity contribution in [1.29, 1.82) is 0 Å². The smallest absolute Gasteiger partial charge is 0.262 e. The average Bonchev–Trinajstić information content (AvgIpc) is 2.46. The van der Waals surface area contributed by atoms with Crippen LogP contribution in [0, 0.1) is 0 Å². The number of methoxy groups -OCH3 is 1. The summed E-state index contributed by atoms with van der Waals surface area (Å²) in [4.78, 5) is 23.2. The molecule has 0 saturated heterocycles. The SMILES string of the molecule is COCC(N)C(=O)NC(C)c1ccc2c(c1)NC(=O)CO2.Cl. The largest absolute Gasteiger partial charge is 0.482 e. The third-order valence-corrected chi connectivity index (χ3v) is 3.18. The highest BCUT2D eigenvalue weighted by Gasteiger charge is 2.20. The van der Waals surface area contributed by atoms with Crippen LogP contribution in [0.3, 0.4) is 0 Å². The van der Waals surface area contributed by atoms with Gasteiger partial charge >= 0.3 is 0 Å². The molecule has 1 heterocycles. The molecule has 2 amide bonds. The number of carbonyl (C=O) groups is 2. The summed E-state index contributed by atoms with van der Waals surface area (Å²) in [5, 5.41) is 5.53. The third kappa shape index (κ3) is 4.33. The number of halogens is 1. The Balaban J connectivity index is 0.00000242. The van der Waals surface area contributed by atoms with Gasteiger partial charge in [0.15, 0.2) is 6.61 Å². The molecule has 0 fully saturated rings. The predicted molar refractivity (Wildman–Crippen MR) is 84.2 cm³/mol. The molecule has 0 radical (unpaired) electrons. The van der Waals surface area contributed by atoms with Crippen molar-refractivity contribution in [3.63, 3.8) is 0 Å². The first-order valence-corrected chi connectivity index (χ1v) is 6.62. The van der Waals surface area contributed by atoms with E-state index in [1.54, 1.807) is 12.1 Å². The zero-order chi connectivity index (χ0) is 15.4. The molecule has 1 aromatic rings. The maximum atomic E-state index is 11.8. The second-order valence-corrected chi connectivity index (χ2v) is 4.88. The molecule has 4 N–H and O–H groups in total. The molecular formula is C14H20ClN3O4. The van der Waals surface area contributed by atoms with E-state index in [-0.39, 0.29) is 43.5 Å². The number of rotatable bonds is 5. The minimum absolute atomic E-state index is 0. The van der Waals surface area contributed by atoms with Crippen molar-refractivity contribution in [2.45, 2.75) is 19.0 Å². The van der Waals surface area contributed by atoms with Crippen molar-refractivity contribution >= 4 is 29.9 Å². The van der Waals surface area contributed by atoms with Gasteiger partial charge in [0.05, 0.1) is 18.3 Å². The Morgan fingerprint density at radius 2 is 2.27 bits per heavy atom. The number of hydrogen-bond donors (Lipinski definition) is 3. The summed E-state index contributed by atoms with van der Waals surface area (Å²) in [7, 11) is 1.49. The Morgan fingerprint density at radius 1 is 1.55 bits per heavy atom. The van der Waals surface area contributed by atoms with Crippen LogP contribution in [0.2, 0.25) is 0 Å². The number of ether oxygens (including phenoxy) is 2. The van der Waals surface area contributed by atoms with Gasteiger partial charge in [0.2, 0.25) is 5.91 Å². The lowest BCUT2D eigenvalue weighted by molar-refractivity contribution is -0.124. The molecule has 8 heteroatoms. The van der Waals surface area contributed by atoms with Gasteiger partial charge in [-0.3, -0.25) is 9.59 Å². The first kappa shape index (κ1) is 18.2. The van der Waals surface area contributed by atoms with E-state index in [4.69, 9.17) is 15.2 Å². The van der Waals surface area contributed by atoms with E-state index < -0.39 is 6.04 Å². The molecule has 7 nitrogen and oxygen atoms in total. The van der Waals surface area contributed by atoms with Crippen molar-refractivity contribution in [2.24, 2.45) is 5.73 Å². The quantitative estimate of drug-likeness (QED) is 0.733. The van der Waals surface area contributed by atoms with Crippen LogP contribution in [0.4, 0.5) is 5.69 Å². The van der Waals surface area contributed by atoms with Crippen molar-refractivity contribution in [3.05, 3.63) is 23.8 Å². The molecule has 0 spiro atoms. The summed E-state index contributed by atoms with van der Waals surface area (Å²) in [6.07, 6.45) is 0. The van der Waals surface area contributed by atoms with Crippen LogP contribution in [0.5, 0.6) is 5.75 Å². The first-order valence-electron chi connectivity index (χ1n) is 6.62. The lowest BCUT2D eigenvalue weighted by atomic mass is 10.1. The maximum absolute atomic E-state index is 11.8. The molecule has 122 valence electrons. The van der Waals surface area contributed by atoms with Gasteiger partial charge in [-0.15, -0.1) is 12.4 Å². The van der Waals surface area contributed by atoms with Gasteiger partial charge in [0, 0.05) is 7.11 Å². The van der Waals surface area contributed by atoms with Gasteiger partial charge in [0.1, 0.15) is 11.8 Å². The molecule has 0 bridgehead atoms. The molecule has 0 saturated carbocycles. The van der Waals surface area contributed by atoms with Crippen LogP contribution < -0.4 is 21.1 Å². The van der Waals surface area contributed by atoms with Crippen molar-refractivity contribution in [2.75, 3.05) is 25.6 Å². The van der Waals surface area contributed by atoms with Crippen LogP contribution in [0.1, 0.15) is 18.5 Å². The fraction of sp³-hybridized carbons (Fsp3) is 0.429. The van der Waals surface area contributed by atoms with Crippen LogP contribution in [-0.2, 0) is 14.3 Å². The summed E-state index contributed by atoms with van der Waals surface area (Å²) in [6, 6.07) is 4.42. The fourth-order valence-corrected chi connectivity index (χ4v) is 2.03. The number of fused-ring (bicyclic) bond motifs is 1. The van der Waals surface area contributed by atoms with E-state index in [9.17, 15) is 9.59 Å². The lowest BCUT2D eigenvalue weighted by Crippen LogP contribution is -2.44. The molecule has 1 aromatic carbocycles. The molecule has 2 rings (SSSR count). The molecule has 22 heavy (non-hydrogen) atoms. The Bertz CT molecular complexity index is 553. The van der Waals surface area contributed by atoms with Crippen LogP contribution >= 0.6 is 12.4 Å². The van der Waals surface area contributed by atoms with Gasteiger partial charge in [-0.2, -0.15) is 0 Å². The molecule has 2 unspecified atom stereocenters. The second kappa shape index (κ2) is 7.98. The summed E-state index contributed by atoms with van der Waals surface area (Å²) >= 11 is 0. The highest BCUT2D eigenvalue weighted by Crippen LogP contribution is 2.30. The van der Waals surface area contributed by atoms with E-state index >= 15 is 0 Å². The van der Waals surface area contributed by atoms with Crippen LogP contribution in [0.15, 0.2) is 18.2 Å². The topological polar surface area (TPSA) is 103 Å². The van der Waals surface area contributed by atoms with E-state index in [0.29, 0.717) is 11.4 Å². The fourth-order valence-electron chi connectivity index (χ4n) is 2.03. The standard InChI is InChI=1S/C14H19N3O4.ClH/c1-8(16-14(19)10(15)6-20-2)9-3-4-12-11(5-9)17-13(18)7-21-12;/h3-5,8,10H,6-7,15H2,1-2H3,(H,16,19)(H,17,18);1H. The van der Waals surface area contributed by atoms with Gasteiger partial charge in [-0.1, -0.05) is 6.07 Å². The number of nitrogens with one attached hydrogen (secondary N) is 2. The zero-order valence-electron chi connectivity index (χ0n) is 12.4. The normalized spacial score (nSPS) is 15.5. The summed E-state index contributed by atoms with van der Waals surface area (Å²) in [5.74, 6) is 0.133. The monoisotopic (exact) mass is 329 g/mol. The highest BCUT2D eigenvalue weighted by molar-refractivity contribution is 5.95. The molecule has 1 aliphatic heterocycles. The highest BCUT2D eigenvalue weighted by atomic mass is 35.5. The zero-order valence-corrected chi connectivity index (χ0v) is 13.2. The van der Waals surface area contributed by atoms with Crippen molar-refractivity contribution in [1.82, 2.24) is 5.32 Å². The number of amides is 2. The Hall–Kier alpha value is -1.83. The number of anilines is 1. The van der Waals surface area contributed by atoms with Crippen LogP contribution in [-0.4, -0.2) is 38.2 Å². The van der Waals surface area contributed by atoms with E-state index in [0.717, 1.165) is 5.56 Å². The van der Waals surface area contributed by atoms with E-state index in [2.05, 4.69) is 10.6 Å². The average molecular weight is 330 g/mol. The van der Waals surface area contributed by atoms with E-state index in [1.165, 1.54) is 7.11 Å². The Morgan fingerprint density at radius 3 is 2.95 bits per heavy atom. The maximum Gasteiger partial charge on any atom is 0.262 e. The molecule has 2 atom stereocenters. The third-order valence-electron chi connectivity index (χ3n) is 3.18. The number of nitrogens with two attached hydrogens (primary N) is 1. The number of hydrogen-bond acceptors (Lipinski definition) is 5. The minimum Gasteiger partial charge on any atom is -0.482 e.